The number of phenolic OH excluding ortho intramolecular Hbond substituents is 3. The third-order valence-corrected chi connectivity index (χ3v) is 5.12. The molecule has 5 N–H and O–H groups in total. The summed E-state index contributed by atoms with van der Waals surface area (Å²) in [5, 5.41) is 31.3. The van der Waals surface area contributed by atoms with Gasteiger partial charge in [0, 0.05) is 30.3 Å². The average Bonchev–Trinajstić information content (AvgIpc) is 3.19. The van der Waals surface area contributed by atoms with Crippen molar-refractivity contribution in [2.75, 3.05) is 13.1 Å². The zero-order chi connectivity index (χ0) is 20.5. The van der Waals surface area contributed by atoms with Gasteiger partial charge in [-0.25, -0.2) is 4.98 Å². The Balaban J connectivity index is 1.36. The number of aromatic hydroxyl groups is 3. The second-order valence-electron chi connectivity index (χ2n) is 7.04. The van der Waals surface area contributed by atoms with Crippen LogP contribution in [-0.4, -0.2) is 61.1 Å². The number of piperidine rings is 1. The topological polar surface area (TPSA) is 139 Å². The lowest BCUT2D eigenvalue weighted by molar-refractivity contribution is 0.0698. The van der Waals surface area contributed by atoms with Crippen LogP contribution in [0.25, 0.3) is 11.0 Å². The largest absolute Gasteiger partial charge is 0.504 e. The number of carbonyl (C=O) groups excluding carboxylic acids is 2. The highest BCUT2D eigenvalue weighted by atomic mass is 16.3. The molecule has 29 heavy (non-hydrogen) atoms. The summed E-state index contributed by atoms with van der Waals surface area (Å²) in [6, 6.07) is 7.38. The van der Waals surface area contributed by atoms with Gasteiger partial charge in [0.15, 0.2) is 17.2 Å². The molecule has 9 heteroatoms. The minimum Gasteiger partial charge on any atom is -0.504 e. The molecule has 0 aliphatic carbocycles. The van der Waals surface area contributed by atoms with Crippen LogP contribution in [0.15, 0.2) is 36.7 Å². The summed E-state index contributed by atoms with van der Waals surface area (Å²) in [6.07, 6.45) is 2.75. The molecule has 0 bridgehead atoms. The van der Waals surface area contributed by atoms with Crippen LogP contribution in [0, 0.1) is 0 Å². The molecule has 1 aliphatic rings. The first kappa shape index (κ1) is 18.6. The fourth-order valence-corrected chi connectivity index (χ4v) is 3.48. The molecule has 9 nitrogen and oxygen atoms in total. The highest BCUT2D eigenvalue weighted by Gasteiger charge is 2.25. The lowest BCUT2D eigenvalue weighted by atomic mass is 10.0. The molecule has 1 fully saturated rings. The van der Waals surface area contributed by atoms with Gasteiger partial charge in [0.05, 0.1) is 17.4 Å². The molecular weight excluding hydrogens is 376 g/mol. The fraction of sp³-hybridized carbons (Fsp3) is 0.250. The van der Waals surface area contributed by atoms with Crippen molar-refractivity contribution in [3.05, 3.63) is 47.8 Å². The van der Waals surface area contributed by atoms with Crippen LogP contribution in [0.4, 0.5) is 0 Å². The molecule has 0 saturated carbocycles. The zero-order valence-corrected chi connectivity index (χ0v) is 15.4. The molecule has 4 rings (SSSR count). The van der Waals surface area contributed by atoms with Gasteiger partial charge in [-0.15, -0.1) is 0 Å². The van der Waals surface area contributed by atoms with Crippen LogP contribution in [0.3, 0.4) is 0 Å². The van der Waals surface area contributed by atoms with Gasteiger partial charge in [-0.3, -0.25) is 9.59 Å². The standard InChI is InChI=1S/C20H20N4O5/c25-16-8-12(9-17(26)18(16)27)19(28)23-13-3-5-24(6-4-13)20(29)11-1-2-14-15(7-11)22-10-21-14/h1-2,7-10,13,25-27H,3-6H2,(H,21,22)(H,23,28). The average molecular weight is 396 g/mol. The molecule has 1 aliphatic heterocycles. The van der Waals surface area contributed by atoms with E-state index in [0.717, 1.165) is 23.2 Å². The number of likely N-dealkylation sites (tertiary alicyclic amines) is 1. The highest BCUT2D eigenvalue weighted by molar-refractivity contribution is 5.97. The lowest BCUT2D eigenvalue weighted by Gasteiger charge is -2.32. The van der Waals surface area contributed by atoms with Gasteiger partial charge in [0.25, 0.3) is 11.8 Å². The molecule has 0 radical (unpaired) electrons. The molecule has 1 saturated heterocycles. The first-order valence-electron chi connectivity index (χ1n) is 9.20. The Labute approximate surface area is 165 Å². The summed E-state index contributed by atoms with van der Waals surface area (Å²) >= 11 is 0. The van der Waals surface area contributed by atoms with Crippen LogP contribution in [0.2, 0.25) is 0 Å². The number of imidazole rings is 1. The normalized spacial score (nSPS) is 14.8. The number of fused-ring (bicyclic) bond motifs is 1. The van der Waals surface area contributed by atoms with Gasteiger partial charge in [0.1, 0.15) is 0 Å². The summed E-state index contributed by atoms with van der Waals surface area (Å²) in [4.78, 5) is 34.0. The van der Waals surface area contributed by atoms with E-state index >= 15 is 0 Å². The molecule has 2 heterocycles. The van der Waals surface area contributed by atoms with E-state index in [0.29, 0.717) is 31.5 Å². The Morgan fingerprint density at radius 3 is 2.41 bits per heavy atom. The number of phenols is 3. The molecule has 0 spiro atoms. The number of aromatic nitrogens is 2. The number of amides is 2. The van der Waals surface area contributed by atoms with Crippen molar-refractivity contribution in [1.82, 2.24) is 20.2 Å². The fourth-order valence-electron chi connectivity index (χ4n) is 3.48. The summed E-state index contributed by atoms with van der Waals surface area (Å²) in [7, 11) is 0. The summed E-state index contributed by atoms with van der Waals surface area (Å²) in [5.74, 6) is -2.33. The number of H-pyrrole nitrogens is 1. The predicted molar refractivity (Wildman–Crippen MR) is 104 cm³/mol. The number of benzene rings is 2. The number of nitrogens with zero attached hydrogens (tertiary/aromatic N) is 2. The van der Waals surface area contributed by atoms with Gasteiger partial charge in [-0.05, 0) is 43.2 Å². The van der Waals surface area contributed by atoms with Crippen LogP contribution < -0.4 is 5.32 Å². The van der Waals surface area contributed by atoms with E-state index in [2.05, 4.69) is 15.3 Å². The van der Waals surface area contributed by atoms with Crippen LogP contribution in [0.1, 0.15) is 33.6 Å². The first-order valence-corrected chi connectivity index (χ1v) is 9.20. The Kier molecular flexibility index (Phi) is 4.71. The molecular formula is C20H20N4O5. The highest BCUT2D eigenvalue weighted by Crippen LogP contribution is 2.35. The maximum atomic E-state index is 12.7. The van der Waals surface area contributed by atoms with Gasteiger partial charge in [-0.2, -0.15) is 0 Å². The molecule has 2 aromatic carbocycles. The van der Waals surface area contributed by atoms with Crippen LogP contribution in [0.5, 0.6) is 17.2 Å². The second-order valence-corrected chi connectivity index (χ2v) is 7.04. The number of aromatic amines is 1. The minimum absolute atomic E-state index is 0.0455. The number of hydrogen-bond donors (Lipinski definition) is 5. The minimum atomic E-state index is -0.665. The van der Waals surface area contributed by atoms with Crippen molar-refractivity contribution >= 4 is 22.8 Å². The summed E-state index contributed by atoms with van der Waals surface area (Å²) in [6.45, 7) is 0.994. The lowest BCUT2D eigenvalue weighted by Crippen LogP contribution is -2.46. The van der Waals surface area contributed by atoms with Crippen molar-refractivity contribution in [1.29, 1.82) is 0 Å². The number of hydrogen-bond acceptors (Lipinski definition) is 6. The van der Waals surface area contributed by atoms with E-state index in [1.54, 1.807) is 29.4 Å². The van der Waals surface area contributed by atoms with E-state index in [9.17, 15) is 24.9 Å². The SMILES string of the molecule is O=C(NC1CCN(C(=O)c2ccc3nc[nH]c3c2)CC1)c1cc(O)c(O)c(O)c1. The van der Waals surface area contributed by atoms with Gasteiger partial charge >= 0.3 is 0 Å². The number of rotatable bonds is 3. The predicted octanol–water partition coefficient (Wildman–Crippen LogP) is 1.71. The van der Waals surface area contributed by atoms with Crippen molar-refractivity contribution in [2.45, 2.75) is 18.9 Å². The van der Waals surface area contributed by atoms with Crippen LogP contribution in [-0.2, 0) is 0 Å². The van der Waals surface area contributed by atoms with Gasteiger partial charge < -0.3 is 30.5 Å². The molecule has 150 valence electrons. The van der Waals surface area contributed by atoms with E-state index in [1.807, 2.05) is 0 Å². The number of carbonyl (C=O) groups is 2. The van der Waals surface area contributed by atoms with Crippen molar-refractivity contribution < 1.29 is 24.9 Å². The van der Waals surface area contributed by atoms with E-state index in [4.69, 9.17) is 0 Å². The maximum Gasteiger partial charge on any atom is 0.253 e. The Morgan fingerprint density at radius 2 is 1.72 bits per heavy atom. The second kappa shape index (κ2) is 7.34. The van der Waals surface area contributed by atoms with Gasteiger partial charge in [-0.1, -0.05) is 0 Å². The third kappa shape index (κ3) is 3.66. The van der Waals surface area contributed by atoms with Crippen molar-refractivity contribution in [3.63, 3.8) is 0 Å². The Morgan fingerprint density at radius 1 is 1.03 bits per heavy atom. The molecule has 1 aromatic heterocycles. The monoisotopic (exact) mass is 396 g/mol. The quantitative estimate of drug-likeness (QED) is 0.427. The van der Waals surface area contributed by atoms with Crippen LogP contribution >= 0.6 is 0 Å². The summed E-state index contributed by atoms with van der Waals surface area (Å²) in [5.41, 5.74) is 2.23. The number of nitrogens with one attached hydrogen (secondary N) is 2. The Hall–Kier alpha value is -3.75. The third-order valence-electron chi connectivity index (χ3n) is 5.12. The van der Waals surface area contributed by atoms with Gasteiger partial charge in [0.2, 0.25) is 0 Å². The van der Waals surface area contributed by atoms with E-state index < -0.39 is 23.2 Å². The molecule has 2 amide bonds. The van der Waals surface area contributed by atoms with Crippen molar-refractivity contribution in [2.24, 2.45) is 0 Å². The maximum absolute atomic E-state index is 12.7. The first-order chi connectivity index (χ1) is 13.9. The van der Waals surface area contributed by atoms with E-state index in [1.165, 1.54) is 0 Å². The smallest absolute Gasteiger partial charge is 0.253 e. The molecule has 0 unspecified atom stereocenters. The zero-order valence-electron chi connectivity index (χ0n) is 15.4. The molecule has 0 atom stereocenters. The Bertz CT molecular complexity index is 1060. The molecule has 3 aromatic rings. The van der Waals surface area contributed by atoms with Crippen molar-refractivity contribution in [3.8, 4) is 17.2 Å². The van der Waals surface area contributed by atoms with E-state index in [-0.39, 0.29) is 17.5 Å². The summed E-state index contributed by atoms with van der Waals surface area (Å²) < 4.78 is 0.